The van der Waals surface area contributed by atoms with Crippen LogP contribution in [0.1, 0.15) is 17.5 Å². The summed E-state index contributed by atoms with van der Waals surface area (Å²) in [5, 5.41) is 2.81. The number of hydrogen-bond acceptors (Lipinski definition) is 3. The second kappa shape index (κ2) is 6.95. The first kappa shape index (κ1) is 13.6. The van der Waals surface area contributed by atoms with Gasteiger partial charge in [-0.05, 0) is 35.8 Å². The third kappa shape index (κ3) is 4.10. The van der Waals surface area contributed by atoms with Crippen LogP contribution < -0.4 is 10.1 Å². The minimum atomic E-state index is -0.0761. The Kier molecular flexibility index (Phi) is 4.98. The van der Waals surface area contributed by atoms with Gasteiger partial charge in [0.05, 0.1) is 6.61 Å². The van der Waals surface area contributed by atoms with Crippen LogP contribution in [0.3, 0.4) is 0 Å². The Balaban J connectivity index is 1.83. The molecule has 4 nitrogen and oxygen atoms in total. The van der Waals surface area contributed by atoms with Gasteiger partial charge in [-0.1, -0.05) is 6.07 Å². The summed E-state index contributed by atoms with van der Waals surface area (Å²) in [4.78, 5) is 11.5. The average molecular weight is 261 g/mol. The molecule has 0 unspecified atom stereocenters. The van der Waals surface area contributed by atoms with Crippen LogP contribution in [0.15, 0.2) is 24.3 Å². The number of benzene rings is 1. The summed E-state index contributed by atoms with van der Waals surface area (Å²) >= 11 is 0. The van der Waals surface area contributed by atoms with Gasteiger partial charge < -0.3 is 14.8 Å². The lowest BCUT2D eigenvalue weighted by Gasteiger charge is -2.01. The van der Waals surface area contributed by atoms with Gasteiger partial charge in [-0.3, -0.25) is 4.79 Å². The maximum absolute atomic E-state index is 11.5. The Morgan fingerprint density at radius 2 is 2.42 bits per heavy atom. The van der Waals surface area contributed by atoms with Crippen molar-refractivity contribution in [3.8, 4) is 5.75 Å². The van der Waals surface area contributed by atoms with E-state index in [4.69, 9.17) is 9.47 Å². The second-order valence-corrected chi connectivity index (χ2v) is 4.44. The molecule has 1 aliphatic heterocycles. The predicted octanol–water partition coefficient (Wildman–Crippen LogP) is 1.79. The fourth-order valence-electron chi connectivity index (χ4n) is 1.97. The second-order valence-electron chi connectivity index (χ2n) is 4.44. The van der Waals surface area contributed by atoms with Gasteiger partial charge in [0.25, 0.3) is 0 Å². The van der Waals surface area contributed by atoms with Gasteiger partial charge in [-0.15, -0.1) is 0 Å². The molecule has 102 valence electrons. The lowest BCUT2D eigenvalue weighted by molar-refractivity contribution is -0.116. The molecule has 0 bridgehead atoms. The van der Waals surface area contributed by atoms with Crippen LogP contribution in [0.25, 0.3) is 6.08 Å². The highest BCUT2D eigenvalue weighted by molar-refractivity contribution is 5.91. The topological polar surface area (TPSA) is 47.6 Å². The lowest BCUT2D eigenvalue weighted by Crippen LogP contribution is -2.22. The van der Waals surface area contributed by atoms with E-state index in [1.54, 1.807) is 13.2 Å². The molecule has 0 aromatic heterocycles. The van der Waals surface area contributed by atoms with Crippen molar-refractivity contribution in [1.29, 1.82) is 0 Å². The summed E-state index contributed by atoms with van der Waals surface area (Å²) in [6, 6.07) is 5.98. The molecule has 0 spiro atoms. The van der Waals surface area contributed by atoms with Crippen molar-refractivity contribution < 1.29 is 14.3 Å². The van der Waals surface area contributed by atoms with Crippen molar-refractivity contribution in [1.82, 2.24) is 5.32 Å². The summed E-state index contributed by atoms with van der Waals surface area (Å²) in [6.07, 6.45) is 5.15. The van der Waals surface area contributed by atoms with Gasteiger partial charge in [-0.25, -0.2) is 0 Å². The molecule has 19 heavy (non-hydrogen) atoms. The summed E-state index contributed by atoms with van der Waals surface area (Å²) in [5.41, 5.74) is 2.24. The molecule has 0 fully saturated rings. The van der Waals surface area contributed by atoms with Gasteiger partial charge in [0, 0.05) is 32.8 Å². The average Bonchev–Trinajstić information content (AvgIpc) is 2.89. The highest BCUT2D eigenvalue weighted by Crippen LogP contribution is 2.26. The molecular weight excluding hydrogens is 242 g/mol. The van der Waals surface area contributed by atoms with Crippen molar-refractivity contribution in [3.05, 3.63) is 35.4 Å². The van der Waals surface area contributed by atoms with Crippen LogP contribution >= 0.6 is 0 Å². The molecule has 1 aromatic carbocycles. The number of ether oxygens (including phenoxy) is 2. The van der Waals surface area contributed by atoms with Crippen LogP contribution in [0.5, 0.6) is 5.75 Å². The smallest absolute Gasteiger partial charge is 0.244 e. The Bertz CT molecular complexity index is 468. The maximum Gasteiger partial charge on any atom is 0.244 e. The van der Waals surface area contributed by atoms with Crippen molar-refractivity contribution >= 4 is 12.0 Å². The third-order valence-corrected chi connectivity index (χ3v) is 2.97. The highest BCUT2D eigenvalue weighted by atomic mass is 16.5. The molecule has 2 rings (SSSR count). The van der Waals surface area contributed by atoms with E-state index in [2.05, 4.69) is 11.4 Å². The standard InChI is InChI=1S/C15H19NO3/c1-18-9-2-8-16-15(17)6-4-12-3-5-14-13(11-12)7-10-19-14/h3-6,11H,2,7-10H2,1H3,(H,16,17)/b6-4+. The monoisotopic (exact) mass is 261 g/mol. The van der Waals surface area contributed by atoms with Crippen LogP contribution in [0.2, 0.25) is 0 Å². The molecule has 1 heterocycles. The molecule has 0 atom stereocenters. The molecule has 1 aromatic rings. The van der Waals surface area contributed by atoms with Crippen LogP contribution in [-0.2, 0) is 16.0 Å². The third-order valence-electron chi connectivity index (χ3n) is 2.97. The minimum absolute atomic E-state index is 0.0761. The molecule has 1 amide bonds. The summed E-state index contributed by atoms with van der Waals surface area (Å²) in [6.45, 7) is 2.05. The SMILES string of the molecule is COCCCNC(=O)/C=C/c1ccc2c(c1)CCO2. The van der Waals surface area contributed by atoms with E-state index in [0.717, 1.165) is 30.8 Å². The minimum Gasteiger partial charge on any atom is -0.493 e. The van der Waals surface area contributed by atoms with Crippen molar-refractivity contribution in [2.24, 2.45) is 0 Å². The van der Waals surface area contributed by atoms with Gasteiger partial charge in [-0.2, -0.15) is 0 Å². The zero-order valence-electron chi connectivity index (χ0n) is 11.1. The number of methoxy groups -OCH3 is 1. The predicted molar refractivity (Wildman–Crippen MR) is 74.2 cm³/mol. The van der Waals surface area contributed by atoms with E-state index in [1.807, 2.05) is 18.2 Å². The first-order valence-electron chi connectivity index (χ1n) is 6.50. The number of fused-ring (bicyclic) bond motifs is 1. The molecule has 0 aliphatic carbocycles. The van der Waals surface area contributed by atoms with Gasteiger partial charge in [0.1, 0.15) is 5.75 Å². The molecule has 0 saturated heterocycles. The van der Waals surface area contributed by atoms with Gasteiger partial charge in [0.15, 0.2) is 0 Å². The molecule has 1 N–H and O–H groups in total. The van der Waals surface area contributed by atoms with E-state index >= 15 is 0 Å². The lowest BCUT2D eigenvalue weighted by atomic mass is 10.1. The van der Waals surface area contributed by atoms with E-state index in [1.165, 1.54) is 5.56 Å². The fraction of sp³-hybridized carbons (Fsp3) is 0.400. The Morgan fingerprint density at radius 1 is 1.53 bits per heavy atom. The van der Waals surface area contributed by atoms with E-state index in [9.17, 15) is 4.79 Å². The number of carbonyl (C=O) groups excluding carboxylic acids is 1. The Hall–Kier alpha value is -1.81. The maximum atomic E-state index is 11.5. The molecule has 4 heteroatoms. The van der Waals surface area contributed by atoms with E-state index < -0.39 is 0 Å². The highest BCUT2D eigenvalue weighted by Gasteiger charge is 2.10. The Labute approximate surface area is 113 Å². The summed E-state index contributed by atoms with van der Waals surface area (Å²) in [5.74, 6) is 0.883. The summed E-state index contributed by atoms with van der Waals surface area (Å²) in [7, 11) is 1.65. The number of carbonyl (C=O) groups is 1. The van der Waals surface area contributed by atoms with E-state index in [0.29, 0.717) is 13.2 Å². The molecule has 0 radical (unpaired) electrons. The van der Waals surface area contributed by atoms with Crippen molar-refractivity contribution in [2.45, 2.75) is 12.8 Å². The first-order chi connectivity index (χ1) is 9.29. The molecule has 1 aliphatic rings. The largest absolute Gasteiger partial charge is 0.493 e. The number of hydrogen-bond donors (Lipinski definition) is 1. The number of nitrogens with one attached hydrogen (secondary N) is 1. The molecule has 0 saturated carbocycles. The Morgan fingerprint density at radius 3 is 3.26 bits per heavy atom. The van der Waals surface area contributed by atoms with Crippen LogP contribution in [-0.4, -0.2) is 32.8 Å². The quantitative estimate of drug-likeness (QED) is 0.627. The number of rotatable bonds is 6. The zero-order chi connectivity index (χ0) is 13.5. The normalized spacial score (nSPS) is 13.3. The number of amides is 1. The van der Waals surface area contributed by atoms with Gasteiger partial charge >= 0.3 is 0 Å². The van der Waals surface area contributed by atoms with Gasteiger partial charge in [0.2, 0.25) is 5.91 Å². The van der Waals surface area contributed by atoms with Crippen LogP contribution in [0.4, 0.5) is 0 Å². The van der Waals surface area contributed by atoms with Crippen LogP contribution in [0, 0.1) is 0 Å². The first-order valence-corrected chi connectivity index (χ1v) is 6.50. The molecular formula is C15H19NO3. The summed E-state index contributed by atoms with van der Waals surface area (Å²) < 4.78 is 10.4. The van der Waals surface area contributed by atoms with Crippen molar-refractivity contribution in [2.75, 3.05) is 26.9 Å². The zero-order valence-corrected chi connectivity index (χ0v) is 11.1. The van der Waals surface area contributed by atoms with Crippen molar-refractivity contribution in [3.63, 3.8) is 0 Å². The van der Waals surface area contributed by atoms with E-state index in [-0.39, 0.29) is 5.91 Å². The fourth-order valence-corrected chi connectivity index (χ4v) is 1.97.